The number of ketones is 3. The van der Waals surface area contributed by atoms with Gasteiger partial charge in [-0.15, -0.1) is 0 Å². The minimum atomic E-state index is -1.35. The fourth-order valence-corrected chi connectivity index (χ4v) is 5.06. The average Bonchev–Trinajstić information content (AvgIpc) is 2.98. The highest BCUT2D eigenvalue weighted by molar-refractivity contribution is 6.38. The second kappa shape index (κ2) is 16.4. The third-order valence-electron chi connectivity index (χ3n) is 8.41. The van der Waals surface area contributed by atoms with Gasteiger partial charge in [-0.2, -0.15) is 0 Å². The van der Waals surface area contributed by atoms with Gasteiger partial charge in [0.2, 0.25) is 11.7 Å². The van der Waals surface area contributed by atoms with E-state index in [4.69, 9.17) is 0 Å². The quantitative estimate of drug-likeness (QED) is 0.207. The molecule has 0 aliphatic carbocycles. The van der Waals surface area contributed by atoms with E-state index in [1.54, 1.807) is 6.92 Å². The Kier molecular flexibility index (Phi) is 13.6. The fourth-order valence-electron chi connectivity index (χ4n) is 5.06. The number of carbonyl (C=O) groups is 6. The molecule has 3 N–H and O–H groups in total. The number of nitrogens with one attached hydrogen (secondary N) is 2. The molecule has 9 nitrogen and oxygen atoms in total. The van der Waals surface area contributed by atoms with Crippen LogP contribution in [0.15, 0.2) is 54.6 Å². The van der Waals surface area contributed by atoms with Crippen LogP contribution in [0.25, 0.3) is 0 Å². The van der Waals surface area contributed by atoms with E-state index in [-0.39, 0.29) is 42.8 Å². The number of carbonyl (C=O) groups excluding carboxylic acids is 5. The number of Topliss-reactive ketones (excluding diaryl/α,β-unsaturated/α-hetero) is 3. The summed E-state index contributed by atoms with van der Waals surface area (Å²) in [6.45, 7) is 14.1. The van der Waals surface area contributed by atoms with Crippen molar-refractivity contribution in [3.05, 3.63) is 71.3 Å². The molecule has 0 bridgehead atoms. The van der Waals surface area contributed by atoms with Crippen LogP contribution in [0.4, 0.5) is 0 Å². The van der Waals surface area contributed by atoms with Crippen LogP contribution in [0, 0.1) is 17.3 Å². The molecule has 9 heteroatoms. The van der Waals surface area contributed by atoms with Gasteiger partial charge in [0, 0.05) is 25.2 Å². The van der Waals surface area contributed by atoms with Crippen molar-refractivity contribution in [2.24, 2.45) is 17.3 Å². The molecule has 0 aliphatic heterocycles. The van der Waals surface area contributed by atoms with E-state index in [2.05, 4.69) is 31.4 Å². The molecule has 0 aliphatic rings. The van der Waals surface area contributed by atoms with E-state index in [9.17, 15) is 33.9 Å². The van der Waals surface area contributed by atoms with Gasteiger partial charge < -0.3 is 15.7 Å². The van der Waals surface area contributed by atoms with Crippen LogP contribution in [0.1, 0.15) is 91.3 Å². The molecule has 0 spiro atoms. The van der Waals surface area contributed by atoms with Crippen LogP contribution in [0.2, 0.25) is 0 Å². The van der Waals surface area contributed by atoms with Gasteiger partial charge in [-0.25, -0.2) is 0 Å². The molecule has 0 radical (unpaired) electrons. The number of hydrogen-bond acceptors (Lipinski definition) is 6. The second-order valence-electron chi connectivity index (χ2n) is 14.0. The largest absolute Gasteiger partial charge is 0.481 e. The zero-order chi connectivity index (χ0) is 34.8. The highest BCUT2D eigenvalue weighted by atomic mass is 16.4. The lowest BCUT2D eigenvalue weighted by atomic mass is 9.82. The summed E-state index contributed by atoms with van der Waals surface area (Å²) in [7, 11) is 0. The van der Waals surface area contributed by atoms with Crippen LogP contribution in [0.5, 0.6) is 0 Å². The summed E-state index contributed by atoms with van der Waals surface area (Å²) in [6.07, 6.45) is 0.536. The van der Waals surface area contributed by atoms with Crippen LogP contribution >= 0.6 is 0 Å². The van der Waals surface area contributed by atoms with Gasteiger partial charge in [-0.05, 0) is 55.2 Å². The Labute approximate surface area is 272 Å². The zero-order valence-corrected chi connectivity index (χ0v) is 28.4. The van der Waals surface area contributed by atoms with Crippen LogP contribution < -0.4 is 10.6 Å². The van der Waals surface area contributed by atoms with Crippen molar-refractivity contribution >= 4 is 35.1 Å². The monoisotopic (exact) mass is 634 g/mol. The van der Waals surface area contributed by atoms with E-state index in [0.29, 0.717) is 6.42 Å². The molecule has 46 heavy (non-hydrogen) atoms. The lowest BCUT2D eigenvalue weighted by Crippen LogP contribution is -2.53. The van der Waals surface area contributed by atoms with Crippen molar-refractivity contribution in [2.75, 3.05) is 0 Å². The molecule has 4 unspecified atom stereocenters. The van der Waals surface area contributed by atoms with E-state index in [1.165, 1.54) is 20.8 Å². The Hall–Kier alpha value is -4.14. The number of hydrogen-bond donors (Lipinski definition) is 3. The first-order chi connectivity index (χ1) is 21.3. The summed E-state index contributed by atoms with van der Waals surface area (Å²) in [5.74, 6) is -5.45. The number of carboxylic acid groups (broad SMARTS) is 1. The Morgan fingerprint density at radius 1 is 0.804 bits per heavy atom. The Morgan fingerprint density at radius 3 is 1.91 bits per heavy atom. The molecule has 0 fully saturated rings. The molecule has 0 saturated carbocycles. The van der Waals surface area contributed by atoms with Crippen molar-refractivity contribution < 1.29 is 33.9 Å². The molecule has 2 aromatic carbocycles. The highest BCUT2D eigenvalue weighted by Crippen LogP contribution is 2.25. The van der Waals surface area contributed by atoms with Crippen LogP contribution in [-0.2, 0) is 47.0 Å². The molecule has 2 rings (SSSR count). The molecular weight excluding hydrogens is 584 g/mol. The SMILES string of the molecule is CCC(C)C(NC(=O)C(=O)C(C)NC(=O)C(CC(=O)Cc1ccccc1)Cc1ccc(C(C)(C)C)cc1)C(=O)CC(C)(C)C(=O)O. The minimum absolute atomic E-state index is 0.0532. The molecule has 0 saturated heterocycles. The number of aliphatic carboxylic acids is 1. The molecular formula is C37H50N2O7. The second-order valence-corrected chi connectivity index (χ2v) is 14.0. The summed E-state index contributed by atoms with van der Waals surface area (Å²) < 4.78 is 0. The molecule has 2 aromatic rings. The lowest BCUT2D eigenvalue weighted by molar-refractivity contribution is -0.150. The average molecular weight is 635 g/mol. The number of rotatable bonds is 17. The Balaban J connectivity index is 2.20. The first kappa shape index (κ1) is 38.0. The first-order valence-electron chi connectivity index (χ1n) is 15.9. The zero-order valence-electron chi connectivity index (χ0n) is 28.4. The molecule has 250 valence electrons. The van der Waals surface area contributed by atoms with Gasteiger partial charge in [-0.1, -0.05) is 95.6 Å². The molecule has 0 heterocycles. The number of amides is 2. The summed E-state index contributed by atoms with van der Waals surface area (Å²) in [6, 6.07) is 14.8. The lowest BCUT2D eigenvalue weighted by Gasteiger charge is -2.27. The summed E-state index contributed by atoms with van der Waals surface area (Å²) in [4.78, 5) is 77.4. The van der Waals surface area contributed by atoms with Gasteiger partial charge in [0.05, 0.1) is 17.5 Å². The third kappa shape index (κ3) is 11.3. The van der Waals surface area contributed by atoms with Gasteiger partial charge >= 0.3 is 5.97 Å². The van der Waals surface area contributed by atoms with Crippen molar-refractivity contribution in [3.63, 3.8) is 0 Å². The Bertz CT molecular complexity index is 1390. The maximum atomic E-state index is 13.5. The summed E-state index contributed by atoms with van der Waals surface area (Å²) >= 11 is 0. The number of carboxylic acids is 1. The van der Waals surface area contributed by atoms with Gasteiger partial charge in [0.15, 0.2) is 5.78 Å². The van der Waals surface area contributed by atoms with Gasteiger partial charge in [0.1, 0.15) is 5.78 Å². The van der Waals surface area contributed by atoms with E-state index >= 15 is 0 Å². The normalized spacial score (nSPS) is 14.3. The molecule has 0 aromatic heterocycles. The van der Waals surface area contributed by atoms with E-state index in [0.717, 1.165) is 16.7 Å². The standard InChI is InChI=1S/C37H50N2O7/c1-9-23(2)31(30(41)22-37(7,8)35(45)46)39-34(44)32(42)24(3)38-33(43)27(21-29(40)20-25-13-11-10-12-14-25)19-26-15-17-28(18-16-26)36(4,5)6/h10-18,23-24,27,31H,9,19-22H2,1-8H3,(H,38,43)(H,39,44)(H,45,46). The third-order valence-corrected chi connectivity index (χ3v) is 8.41. The topological polar surface area (TPSA) is 147 Å². The van der Waals surface area contributed by atoms with E-state index < -0.39 is 52.8 Å². The summed E-state index contributed by atoms with van der Waals surface area (Å²) in [5, 5.41) is 14.6. The van der Waals surface area contributed by atoms with Crippen molar-refractivity contribution in [3.8, 4) is 0 Å². The van der Waals surface area contributed by atoms with Crippen molar-refractivity contribution in [2.45, 2.75) is 105 Å². The fraction of sp³-hybridized carbons (Fsp3) is 0.514. The smallest absolute Gasteiger partial charge is 0.309 e. The maximum absolute atomic E-state index is 13.5. The number of benzene rings is 2. The van der Waals surface area contributed by atoms with Gasteiger partial charge in [-0.3, -0.25) is 28.8 Å². The van der Waals surface area contributed by atoms with Crippen molar-refractivity contribution in [1.82, 2.24) is 10.6 Å². The molecule has 4 atom stereocenters. The molecule has 2 amide bonds. The van der Waals surface area contributed by atoms with Gasteiger partial charge in [0.25, 0.3) is 5.91 Å². The minimum Gasteiger partial charge on any atom is -0.481 e. The predicted molar refractivity (Wildman–Crippen MR) is 177 cm³/mol. The predicted octanol–water partition coefficient (Wildman–Crippen LogP) is 5.02. The first-order valence-corrected chi connectivity index (χ1v) is 15.9. The van der Waals surface area contributed by atoms with Crippen molar-refractivity contribution in [1.29, 1.82) is 0 Å². The highest BCUT2D eigenvalue weighted by Gasteiger charge is 2.37. The van der Waals surface area contributed by atoms with E-state index in [1.807, 2.05) is 61.5 Å². The van der Waals surface area contributed by atoms with Crippen LogP contribution in [-0.4, -0.2) is 52.3 Å². The maximum Gasteiger partial charge on any atom is 0.309 e. The van der Waals surface area contributed by atoms with Crippen LogP contribution in [0.3, 0.4) is 0 Å². The Morgan fingerprint density at radius 2 is 1.39 bits per heavy atom. The summed E-state index contributed by atoms with van der Waals surface area (Å²) in [5.41, 5.74) is 1.42.